The van der Waals surface area contributed by atoms with Gasteiger partial charge in [0.2, 0.25) is 0 Å². The molecule has 0 aliphatic carbocycles. The van der Waals surface area contributed by atoms with E-state index in [0.29, 0.717) is 0 Å². The van der Waals surface area contributed by atoms with Crippen molar-refractivity contribution >= 4 is 34.8 Å². The number of rotatable bonds is 1. The van der Waals surface area contributed by atoms with Crippen molar-refractivity contribution in [2.45, 2.75) is 4.84 Å². The van der Waals surface area contributed by atoms with Crippen LogP contribution in [0.1, 0.15) is 0 Å². The number of alkyl halides is 2. The zero-order chi connectivity index (χ0) is 5.86. The van der Waals surface area contributed by atoms with E-state index in [1.807, 2.05) is 0 Å². The van der Waals surface area contributed by atoms with Gasteiger partial charge in [-0.2, -0.15) is 0 Å². The Morgan fingerprint density at radius 1 is 1.57 bits per heavy atom. The van der Waals surface area contributed by atoms with Crippen molar-refractivity contribution < 1.29 is 0 Å². The first-order valence-corrected chi connectivity index (χ1v) is 2.77. The summed E-state index contributed by atoms with van der Waals surface area (Å²) in [6, 6.07) is 0. The molecule has 0 nitrogen and oxygen atoms in total. The van der Waals surface area contributed by atoms with Crippen molar-refractivity contribution in [1.29, 1.82) is 0 Å². The molecule has 0 saturated heterocycles. The Hall–Kier alpha value is 0.390. The lowest BCUT2D eigenvalue weighted by molar-refractivity contribution is 1.56. The van der Waals surface area contributed by atoms with Crippen LogP contribution in [0.2, 0.25) is 0 Å². The minimum Gasteiger partial charge on any atom is -0.110 e. The second-order valence-corrected chi connectivity index (χ2v) is 2.33. The molecule has 0 fully saturated rings. The first-order valence-electron chi connectivity index (χ1n) is 1.52. The molecule has 0 rings (SSSR count). The number of hydrogen-bond acceptors (Lipinski definition) is 0. The molecular formula is C4H3Cl3. The Morgan fingerprint density at radius 2 is 2.00 bits per heavy atom. The largest absolute Gasteiger partial charge is 0.150 e. The van der Waals surface area contributed by atoms with Gasteiger partial charge in [0.1, 0.15) is 4.84 Å². The molecule has 0 aromatic heterocycles. The van der Waals surface area contributed by atoms with Gasteiger partial charge in [-0.3, -0.25) is 0 Å². The molecule has 0 spiro atoms. The average molecular weight is 157 g/mol. The summed E-state index contributed by atoms with van der Waals surface area (Å²) in [5.41, 5.74) is 2.33. The molecule has 0 saturated carbocycles. The summed E-state index contributed by atoms with van der Waals surface area (Å²) in [5.74, 6) is 0. The molecule has 0 aromatic carbocycles. The van der Waals surface area contributed by atoms with Crippen LogP contribution in [-0.4, -0.2) is 4.84 Å². The Labute approximate surface area is 57.4 Å². The lowest BCUT2D eigenvalue weighted by atomic mass is 10.7. The van der Waals surface area contributed by atoms with E-state index in [2.05, 4.69) is 12.3 Å². The van der Waals surface area contributed by atoms with Crippen molar-refractivity contribution in [1.82, 2.24) is 0 Å². The summed E-state index contributed by atoms with van der Waals surface area (Å²) >= 11 is 15.7. The molecule has 0 amide bonds. The van der Waals surface area contributed by atoms with Crippen LogP contribution in [0, 0.1) is 0 Å². The van der Waals surface area contributed by atoms with E-state index in [-0.39, 0.29) is 5.03 Å². The van der Waals surface area contributed by atoms with Crippen molar-refractivity contribution in [3.8, 4) is 0 Å². The molecule has 0 aromatic rings. The minimum atomic E-state index is -0.681. The minimum absolute atomic E-state index is 0.239. The molecule has 0 bridgehead atoms. The van der Waals surface area contributed by atoms with Crippen LogP contribution in [-0.2, 0) is 0 Å². The molecular weight excluding hydrogens is 154 g/mol. The fraction of sp³-hybridized carbons (Fsp3) is 0.250. The van der Waals surface area contributed by atoms with Gasteiger partial charge in [-0.25, -0.2) is 0 Å². The molecule has 0 aliphatic heterocycles. The van der Waals surface area contributed by atoms with Crippen molar-refractivity contribution in [3.05, 3.63) is 17.3 Å². The third-order valence-electron chi connectivity index (χ3n) is 0.360. The van der Waals surface area contributed by atoms with Gasteiger partial charge in [0.15, 0.2) is 0 Å². The molecule has 0 unspecified atom stereocenters. The molecule has 7 heavy (non-hydrogen) atoms. The van der Waals surface area contributed by atoms with E-state index < -0.39 is 4.84 Å². The van der Waals surface area contributed by atoms with Gasteiger partial charge >= 0.3 is 0 Å². The molecule has 3 heteroatoms. The van der Waals surface area contributed by atoms with Gasteiger partial charge in [-0.15, -0.1) is 5.73 Å². The standard InChI is InChI=1S/C4H3Cl3/c1-2-3(5)4(6)7/h4H,1H2. The van der Waals surface area contributed by atoms with Gasteiger partial charge < -0.3 is 0 Å². The van der Waals surface area contributed by atoms with Crippen LogP contribution < -0.4 is 0 Å². The summed E-state index contributed by atoms with van der Waals surface area (Å²) in [7, 11) is 0. The summed E-state index contributed by atoms with van der Waals surface area (Å²) in [6.07, 6.45) is 0. The van der Waals surface area contributed by atoms with Crippen LogP contribution in [0.15, 0.2) is 17.3 Å². The van der Waals surface area contributed by atoms with Crippen LogP contribution in [0.5, 0.6) is 0 Å². The number of halogens is 3. The second-order valence-electron chi connectivity index (χ2n) is 0.825. The van der Waals surface area contributed by atoms with Crippen molar-refractivity contribution in [3.63, 3.8) is 0 Å². The van der Waals surface area contributed by atoms with Crippen LogP contribution in [0.3, 0.4) is 0 Å². The first-order chi connectivity index (χ1) is 3.18. The highest BCUT2D eigenvalue weighted by Crippen LogP contribution is 2.15. The maximum atomic E-state index is 5.28. The highest BCUT2D eigenvalue weighted by molar-refractivity contribution is 6.52. The Kier molecular flexibility index (Phi) is 3.59. The lowest BCUT2D eigenvalue weighted by Crippen LogP contribution is -1.80. The fourth-order valence-electron chi connectivity index (χ4n) is 0.0772. The van der Waals surface area contributed by atoms with E-state index in [0.717, 1.165) is 0 Å². The van der Waals surface area contributed by atoms with Gasteiger partial charge in [0.05, 0.1) is 5.03 Å². The van der Waals surface area contributed by atoms with E-state index in [4.69, 9.17) is 34.8 Å². The summed E-state index contributed by atoms with van der Waals surface area (Å²) < 4.78 is 0. The lowest BCUT2D eigenvalue weighted by Gasteiger charge is -1.88. The van der Waals surface area contributed by atoms with Gasteiger partial charge in [-0.1, -0.05) is 41.4 Å². The molecule has 0 atom stereocenters. The fourth-order valence-corrected chi connectivity index (χ4v) is 0.231. The smallest absolute Gasteiger partial charge is 0.110 e. The van der Waals surface area contributed by atoms with E-state index in [9.17, 15) is 0 Å². The zero-order valence-corrected chi connectivity index (χ0v) is 5.69. The maximum Gasteiger partial charge on any atom is 0.150 e. The van der Waals surface area contributed by atoms with Crippen LogP contribution >= 0.6 is 34.8 Å². The zero-order valence-electron chi connectivity index (χ0n) is 3.42. The molecule has 0 aliphatic rings. The van der Waals surface area contributed by atoms with E-state index >= 15 is 0 Å². The Balaban J connectivity index is 3.81. The Bertz CT molecular complexity index is 99.5. The number of allylic oxidation sites excluding steroid dienone is 1. The predicted molar refractivity (Wildman–Crippen MR) is 34.0 cm³/mol. The monoisotopic (exact) mass is 156 g/mol. The average Bonchev–Trinajstić information content (AvgIpc) is 1.65. The van der Waals surface area contributed by atoms with E-state index in [1.54, 1.807) is 0 Å². The summed E-state index contributed by atoms with van der Waals surface area (Å²) in [5, 5.41) is 0.239. The molecule has 0 heterocycles. The third kappa shape index (κ3) is 3.02. The third-order valence-corrected chi connectivity index (χ3v) is 1.37. The highest BCUT2D eigenvalue weighted by atomic mass is 35.5. The SMILES string of the molecule is C=C=C(Cl)C(Cl)Cl. The van der Waals surface area contributed by atoms with E-state index in [1.165, 1.54) is 0 Å². The summed E-state index contributed by atoms with van der Waals surface area (Å²) in [4.78, 5) is -0.681. The molecule has 0 radical (unpaired) electrons. The quantitative estimate of drug-likeness (QED) is 0.405. The van der Waals surface area contributed by atoms with Gasteiger partial charge in [0, 0.05) is 0 Å². The molecule has 0 N–H and O–H groups in total. The Morgan fingerprint density at radius 3 is 2.00 bits per heavy atom. The van der Waals surface area contributed by atoms with Crippen LogP contribution in [0.4, 0.5) is 0 Å². The van der Waals surface area contributed by atoms with Crippen LogP contribution in [0.25, 0.3) is 0 Å². The highest BCUT2D eigenvalue weighted by Gasteiger charge is 1.99. The first kappa shape index (κ1) is 7.39. The molecule has 40 valence electrons. The summed E-state index contributed by atoms with van der Waals surface area (Å²) in [6.45, 7) is 3.22. The topological polar surface area (TPSA) is 0 Å². The number of hydrogen-bond donors (Lipinski definition) is 0. The van der Waals surface area contributed by atoms with Gasteiger partial charge in [0.25, 0.3) is 0 Å². The van der Waals surface area contributed by atoms with Crippen molar-refractivity contribution in [2.24, 2.45) is 0 Å². The normalized spacial score (nSPS) is 8.57. The predicted octanol–water partition coefficient (Wildman–Crippen LogP) is 2.70. The second kappa shape index (κ2) is 3.40. The van der Waals surface area contributed by atoms with Gasteiger partial charge in [-0.05, 0) is 0 Å². The maximum absolute atomic E-state index is 5.28. The van der Waals surface area contributed by atoms with Crippen molar-refractivity contribution in [2.75, 3.05) is 0 Å².